The number of amides is 1. The molecule has 0 radical (unpaired) electrons. The van der Waals surface area contributed by atoms with Crippen LogP contribution in [0.15, 0.2) is 23.6 Å². The Kier molecular flexibility index (Phi) is 4.56. The lowest BCUT2D eigenvalue weighted by Crippen LogP contribution is -2.39. The van der Waals surface area contributed by atoms with E-state index >= 15 is 0 Å². The number of ether oxygens (including phenoxy) is 1. The molecule has 2 fully saturated rings. The average molecular weight is 347 g/mol. The van der Waals surface area contributed by atoms with E-state index in [0.717, 1.165) is 30.7 Å². The molecule has 1 aromatic rings. The number of hydrogen-bond acceptors (Lipinski definition) is 4. The summed E-state index contributed by atoms with van der Waals surface area (Å²) in [5.41, 5.74) is 0.470. The number of likely N-dealkylation sites (tertiary alicyclic amines) is 1. The van der Waals surface area contributed by atoms with Crippen LogP contribution in [0, 0.1) is 10.8 Å². The quantitative estimate of drug-likeness (QED) is 0.616. The number of carbonyl (C=O) groups excluding carboxylic acids is 2. The van der Waals surface area contributed by atoms with E-state index in [1.807, 2.05) is 22.4 Å². The first-order valence-electron chi connectivity index (χ1n) is 8.44. The highest BCUT2D eigenvalue weighted by atomic mass is 32.1. The van der Waals surface area contributed by atoms with Gasteiger partial charge in [-0.05, 0) is 47.6 Å². The molecule has 1 saturated heterocycles. The van der Waals surface area contributed by atoms with Gasteiger partial charge in [-0.25, -0.2) is 4.79 Å². The summed E-state index contributed by atoms with van der Waals surface area (Å²) in [4.78, 5) is 27.2. The zero-order valence-corrected chi connectivity index (χ0v) is 15.4. The zero-order chi connectivity index (χ0) is 17.4. The highest BCUT2D eigenvalue weighted by molar-refractivity contribution is 7.10. The van der Waals surface area contributed by atoms with Gasteiger partial charge in [-0.2, -0.15) is 0 Å². The van der Waals surface area contributed by atoms with Gasteiger partial charge in [-0.3, -0.25) is 4.79 Å². The fourth-order valence-corrected chi connectivity index (χ4v) is 5.17. The number of hydrogen-bond donors (Lipinski definition) is 0. The Morgan fingerprint density at radius 1 is 1.38 bits per heavy atom. The molecule has 4 nitrogen and oxygen atoms in total. The van der Waals surface area contributed by atoms with Gasteiger partial charge in [0.15, 0.2) is 6.61 Å². The van der Waals surface area contributed by atoms with Crippen molar-refractivity contribution in [3.63, 3.8) is 0 Å². The predicted octanol–water partition coefficient (Wildman–Crippen LogP) is 3.73. The fraction of sp³-hybridized carbons (Fsp3) is 0.579. The SMILES string of the molecule is CC1(C)C[C@@H]2C[C@@](C)(CN2C(=O)COC(=O)/C=C/c2cccs2)C1. The Bertz CT molecular complexity index is 650. The van der Waals surface area contributed by atoms with Crippen LogP contribution in [0.25, 0.3) is 6.08 Å². The highest BCUT2D eigenvalue weighted by Gasteiger charge is 2.50. The minimum absolute atomic E-state index is 0.0701. The van der Waals surface area contributed by atoms with Gasteiger partial charge in [0, 0.05) is 23.5 Å². The monoisotopic (exact) mass is 347 g/mol. The third-order valence-corrected chi connectivity index (χ3v) is 5.84. The Morgan fingerprint density at radius 2 is 2.17 bits per heavy atom. The third kappa shape index (κ3) is 3.89. The van der Waals surface area contributed by atoms with Crippen molar-refractivity contribution in [2.45, 2.75) is 46.1 Å². The van der Waals surface area contributed by atoms with Gasteiger partial charge in [0.25, 0.3) is 5.91 Å². The standard InChI is InChI=1S/C19H25NO3S/c1-18(2)9-14-10-19(3,12-18)13-20(14)16(21)11-23-17(22)7-6-15-5-4-8-24-15/h4-8,14H,9-13H2,1-3H3/b7-6+/t14-,19-/m1/s1. The summed E-state index contributed by atoms with van der Waals surface area (Å²) in [7, 11) is 0. The van der Waals surface area contributed by atoms with Gasteiger partial charge in [-0.15, -0.1) is 11.3 Å². The van der Waals surface area contributed by atoms with E-state index in [9.17, 15) is 9.59 Å². The van der Waals surface area contributed by atoms with Crippen molar-refractivity contribution >= 4 is 29.3 Å². The van der Waals surface area contributed by atoms with Gasteiger partial charge >= 0.3 is 5.97 Å². The van der Waals surface area contributed by atoms with Gasteiger partial charge in [0.1, 0.15) is 0 Å². The predicted molar refractivity (Wildman–Crippen MR) is 95.6 cm³/mol. The Hall–Kier alpha value is -1.62. The van der Waals surface area contributed by atoms with E-state index < -0.39 is 5.97 Å². The second kappa shape index (κ2) is 6.36. The minimum Gasteiger partial charge on any atom is -0.452 e. The zero-order valence-electron chi connectivity index (χ0n) is 14.6. The topological polar surface area (TPSA) is 46.6 Å². The molecule has 2 aliphatic rings. The van der Waals surface area contributed by atoms with Crippen molar-refractivity contribution in [2.75, 3.05) is 13.2 Å². The molecular weight excluding hydrogens is 322 g/mol. The number of thiophene rings is 1. The molecular formula is C19H25NO3S. The molecule has 0 unspecified atom stereocenters. The Labute approximate surface area is 147 Å². The molecule has 2 atom stereocenters. The summed E-state index contributed by atoms with van der Waals surface area (Å²) in [5, 5.41) is 1.95. The molecule has 130 valence electrons. The lowest BCUT2D eigenvalue weighted by Gasteiger charge is -2.39. The number of fused-ring (bicyclic) bond motifs is 2. The van der Waals surface area contributed by atoms with Gasteiger partial charge in [-0.1, -0.05) is 26.8 Å². The molecule has 3 rings (SSSR count). The van der Waals surface area contributed by atoms with Crippen molar-refractivity contribution in [1.29, 1.82) is 0 Å². The molecule has 2 bridgehead atoms. The summed E-state index contributed by atoms with van der Waals surface area (Å²) in [6.45, 7) is 7.44. The van der Waals surface area contributed by atoms with Crippen molar-refractivity contribution in [3.05, 3.63) is 28.5 Å². The molecule has 2 heterocycles. The van der Waals surface area contributed by atoms with Crippen molar-refractivity contribution in [3.8, 4) is 0 Å². The van der Waals surface area contributed by atoms with Crippen molar-refractivity contribution in [2.24, 2.45) is 10.8 Å². The van der Waals surface area contributed by atoms with E-state index in [1.54, 1.807) is 17.4 Å². The fourth-order valence-electron chi connectivity index (χ4n) is 4.55. The van der Waals surface area contributed by atoms with E-state index in [4.69, 9.17) is 4.74 Å². The maximum absolute atomic E-state index is 12.5. The maximum atomic E-state index is 12.5. The second-order valence-electron chi connectivity index (χ2n) is 8.19. The molecule has 1 amide bonds. The Morgan fingerprint density at radius 3 is 2.88 bits per heavy atom. The minimum atomic E-state index is -0.467. The molecule has 1 aliphatic carbocycles. The first-order valence-corrected chi connectivity index (χ1v) is 9.32. The van der Waals surface area contributed by atoms with E-state index in [-0.39, 0.29) is 29.4 Å². The smallest absolute Gasteiger partial charge is 0.331 e. The number of nitrogens with zero attached hydrogens (tertiary/aromatic N) is 1. The second-order valence-corrected chi connectivity index (χ2v) is 9.17. The summed E-state index contributed by atoms with van der Waals surface area (Å²) < 4.78 is 5.14. The van der Waals surface area contributed by atoms with Crippen LogP contribution in [-0.4, -0.2) is 36.0 Å². The van der Waals surface area contributed by atoms with E-state index in [1.165, 1.54) is 6.08 Å². The largest absolute Gasteiger partial charge is 0.452 e. The van der Waals surface area contributed by atoms with Crippen molar-refractivity contribution in [1.82, 2.24) is 4.90 Å². The van der Waals surface area contributed by atoms with Gasteiger partial charge in [0.2, 0.25) is 0 Å². The summed E-state index contributed by atoms with van der Waals surface area (Å²) in [6.07, 6.45) is 6.33. The number of esters is 1. The molecule has 1 aliphatic heterocycles. The maximum Gasteiger partial charge on any atom is 0.331 e. The van der Waals surface area contributed by atoms with Gasteiger partial charge in [0.05, 0.1) is 0 Å². The molecule has 24 heavy (non-hydrogen) atoms. The molecule has 0 spiro atoms. The van der Waals surface area contributed by atoms with Crippen LogP contribution in [0.4, 0.5) is 0 Å². The number of carbonyl (C=O) groups is 2. The molecule has 0 aromatic carbocycles. The highest BCUT2D eigenvalue weighted by Crippen LogP contribution is 2.52. The molecule has 5 heteroatoms. The van der Waals surface area contributed by atoms with Crippen LogP contribution in [0.5, 0.6) is 0 Å². The number of rotatable bonds is 4. The summed E-state index contributed by atoms with van der Waals surface area (Å²) in [6, 6.07) is 4.13. The van der Waals surface area contributed by atoms with Crippen LogP contribution < -0.4 is 0 Å². The molecule has 1 saturated carbocycles. The van der Waals surface area contributed by atoms with Crippen LogP contribution in [-0.2, 0) is 14.3 Å². The summed E-state index contributed by atoms with van der Waals surface area (Å²) >= 11 is 1.55. The Balaban J connectivity index is 1.53. The lowest BCUT2D eigenvalue weighted by molar-refractivity contribution is -0.148. The average Bonchev–Trinajstić information content (AvgIpc) is 3.07. The summed E-state index contributed by atoms with van der Waals surface area (Å²) in [5.74, 6) is -0.537. The van der Waals surface area contributed by atoms with Crippen LogP contribution >= 0.6 is 11.3 Å². The third-order valence-electron chi connectivity index (χ3n) is 5.00. The van der Waals surface area contributed by atoms with Crippen molar-refractivity contribution < 1.29 is 14.3 Å². The van der Waals surface area contributed by atoms with Crippen LogP contribution in [0.2, 0.25) is 0 Å². The molecule has 0 N–H and O–H groups in total. The molecule has 1 aromatic heterocycles. The lowest BCUT2D eigenvalue weighted by atomic mass is 9.65. The first kappa shape index (κ1) is 17.2. The van der Waals surface area contributed by atoms with E-state index in [0.29, 0.717) is 0 Å². The normalized spacial score (nSPS) is 28.3. The van der Waals surface area contributed by atoms with E-state index in [2.05, 4.69) is 20.8 Å². The van der Waals surface area contributed by atoms with Crippen LogP contribution in [0.1, 0.15) is 44.9 Å². The first-order chi connectivity index (χ1) is 11.3. The van der Waals surface area contributed by atoms with Gasteiger partial charge < -0.3 is 9.64 Å². The van der Waals surface area contributed by atoms with Crippen LogP contribution in [0.3, 0.4) is 0 Å².